The Morgan fingerprint density at radius 3 is 1.64 bits per heavy atom. The molecule has 0 amide bonds. The van der Waals surface area contributed by atoms with E-state index in [-0.39, 0.29) is 17.4 Å². The van der Waals surface area contributed by atoms with Gasteiger partial charge in [-0.3, -0.25) is 4.79 Å². The van der Waals surface area contributed by atoms with Gasteiger partial charge in [-0.1, -0.05) is 36.4 Å². The summed E-state index contributed by atoms with van der Waals surface area (Å²) in [6.45, 7) is 0. The number of esters is 2. The third-order valence-corrected chi connectivity index (χ3v) is 3.17. The molecule has 2 rings (SSSR count). The Balaban J connectivity index is 2.13. The van der Waals surface area contributed by atoms with Gasteiger partial charge in [-0.05, 0) is 24.3 Å². The number of hydrogen-bond acceptors (Lipinski definition) is 6. The van der Waals surface area contributed by atoms with Crippen LogP contribution in [0.1, 0.15) is 20.7 Å². The molecule has 0 spiro atoms. The zero-order valence-electron chi connectivity index (χ0n) is 12.9. The van der Waals surface area contributed by atoms with Crippen LogP contribution < -0.4 is 0 Å². The van der Waals surface area contributed by atoms with Crippen LogP contribution >= 0.6 is 0 Å². The summed E-state index contributed by atoms with van der Waals surface area (Å²) >= 11 is 0. The van der Waals surface area contributed by atoms with Gasteiger partial charge in [0.05, 0.1) is 11.1 Å². The first-order chi connectivity index (χ1) is 12.0. The molecule has 7 nitrogen and oxygen atoms in total. The highest BCUT2D eigenvalue weighted by Crippen LogP contribution is 2.11. The van der Waals surface area contributed by atoms with Crippen LogP contribution in [0.4, 0.5) is 0 Å². The monoisotopic (exact) mass is 342 g/mol. The maximum Gasteiger partial charge on any atom is 0.349 e. The first-order valence-electron chi connectivity index (χ1n) is 7.23. The molecule has 0 heterocycles. The van der Waals surface area contributed by atoms with Crippen molar-refractivity contribution in [3.63, 3.8) is 0 Å². The molecule has 0 aliphatic carbocycles. The van der Waals surface area contributed by atoms with Crippen molar-refractivity contribution >= 4 is 24.2 Å². The molecule has 0 bridgehead atoms. The quantitative estimate of drug-likeness (QED) is 0.603. The molecule has 0 aromatic heterocycles. The maximum absolute atomic E-state index is 12.0. The Kier molecular flexibility index (Phi) is 6.00. The van der Waals surface area contributed by atoms with Crippen molar-refractivity contribution in [1.82, 2.24) is 0 Å². The molecule has 2 aromatic rings. The lowest BCUT2D eigenvalue weighted by atomic mass is 10.2. The standard InChI is InChI=1S/C18H14O7/c19-11-14(24-17(22)12-7-3-1-4-8-12)15(16(20)21)25-18(23)13-9-5-2-6-10-13/h1-11,14-15H,(H,20,21). The topological polar surface area (TPSA) is 107 Å². The molecule has 0 radical (unpaired) electrons. The van der Waals surface area contributed by atoms with Crippen LogP contribution in [0, 0.1) is 0 Å². The zero-order valence-corrected chi connectivity index (χ0v) is 12.9. The van der Waals surface area contributed by atoms with Crippen molar-refractivity contribution < 1.29 is 33.8 Å². The Labute approximate surface area is 142 Å². The second kappa shape index (κ2) is 8.39. The van der Waals surface area contributed by atoms with Crippen molar-refractivity contribution in [1.29, 1.82) is 0 Å². The summed E-state index contributed by atoms with van der Waals surface area (Å²) in [5, 5.41) is 9.23. The number of rotatable bonds is 7. The molecule has 1 N–H and O–H groups in total. The number of carboxylic acid groups (broad SMARTS) is 1. The lowest BCUT2D eigenvalue weighted by Gasteiger charge is -2.19. The van der Waals surface area contributed by atoms with Crippen LogP contribution in [0.5, 0.6) is 0 Å². The zero-order chi connectivity index (χ0) is 18.2. The van der Waals surface area contributed by atoms with Gasteiger partial charge in [0.2, 0.25) is 12.2 Å². The van der Waals surface area contributed by atoms with E-state index in [1.807, 2.05) is 0 Å². The van der Waals surface area contributed by atoms with Crippen molar-refractivity contribution in [2.24, 2.45) is 0 Å². The van der Waals surface area contributed by atoms with Gasteiger partial charge in [-0.15, -0.1) is 0 Å². The van der Waals surface area contributed by atoms with E-state index in [0.29, 0.717) is 0 Å². The number of aliphatic carboxylic acids is 1. The number of carboxylic acids is 1. The maximum atomic E-state index is 12.0. The number of ether oxygens (including phenoxy) is 2. The predicted molar refractivity (Wildman–Crippen MR) is 85.0 cm³/mol. The average Bonchev–Trinajstić information content (AvgIpc) is 2.65. The molecule has 0 aliphatic rings. The molecule has 0 saturated heterocycles. The van der Waals surface area contributed by atoms with Crippen molar-refractivity contribution in [2.45, 2.75) is 12.2 Å². The third kappa shape index (κ3) is 4.74. The van der Waals surface area contributed by atoms with Gasteiger partial charge in [0, 0.05) is 0 Å². The Bertz CT molecular complexity index is 756. The van der Waals surface area contributed by atoms with E-state index in [2.05, 4.69) is 0 Å². The van der Waals surface area contributed by atoms with Crippen LogP contribution in [0.2, 0.25) is 0 Å². The molecule has 128 valence electrons. The first-order valence-corrected chi connectivity index (χ1v) is 7.23. The number of aldehydes is 1. The molecule has 25 heavy (non-hydrogen) atoms. The molecule has 2 aromatic carbocycles. The number of carbonyl (C=O) groups excluding carboxylic acids is 3. The molecular formula is C18H14O7. The van der Waals surface area contributed by atoms with Crippen LogP contribution in [-0.4, -0.2) is 41.5 Å². The van der Waals surface area contributed by atoms with Gasteiger partial charge in [-0.2, -0.15) is 0 Å². The summed E-state index contributed by atoms with van der Waals surface area (Å²) in [6, 6.07) is 15.4. The molecular weight excluding hydrogens is 328 g/mol. The van der Waals surface area contributed by atoms with Crippen LogP contribution in [0.15, 0.2) is 60.7 Å². The molecule has 2 unspecified atom stereocenters. The Morgan fingerprint density at radius 2 is 1.24 bits per heavy atom. The SMILES string of the molecule is O=CC(OC(=O)c1ccccc1)C(OC(=O)c1ccccc1)C(=O)O. The van der Waals surface area contributed by atoms with Crippen molar-refractivity contribution in [3.05, 3.63) is 71.8 Å². The van der Waals surface area contributed by atoms with Gasteiger partial charge in [0.15, 0.2) is 6.29 Å². The molecule has 0 saturated carbocycles. The Hall–Kier alpha value is -3.48. The fourth-order valence-corrected chi connectivity index (χ4v) is 1.94. The van der Waals surface area contributed by atoms with Crippen LogP contribution in [0.3, 0.4) is 0 Å². The second-order valence-electron chi connectivity index (χ2n) is 4.90. The van der Waals surface area contributed by atoms with E-state index < -0.39 is 30.1 Å². The van der Waals surface area contributed by atoms with E-state index in [0.717, 1.165) is 0 Å². The average molecular weight is 342 g/mol. The van der Waals surface area contributed by atoms with Crippen LogP contribution in [0.25, 0.3) is 0 Å². The second-order valence-corrected chi connectivity index (χ2v) is 4.90. The van der Waals surface area contributed by atoms with Gasteiger partial charge in [0.25, 0.3) is 0 Å². The summed E-state index contributed by atoms with van der Waals surface area (Å²) in [7, 11) is 0. The third-order valence-electron chi connectivity index (χ3n) is 3.17. The summed E-state index contributed by atoms with van der Waals surface area (Å²) in [4.78, 5) is 46.5. The number of carbonyl (C=O) groups is 4. The lowest BCUT2D eigenvalue weighted by Crippen LogP contribution is -2.42. The van der Waals surface area contributed by atoms with E-state index in [4.69, 9.17) is 9.47 Å². The smallest absolute Gasteiger partial charge is 0.349 e. The van der Waals surface area contributed by atoms with Gasteiger partial charge < -0.3 is 14.6 Å². The highest BCUT2D eigenvalue weighted by Gasteiger charge is 2.35. The first kappa shape index (κ1) is 17.9. The predicted octanol–water partition coefficient (Wildman–Crippen LogP) is 1.72. The largest absolute Gasteiger partial charge is 0.478 e. The Morgan fingerprint density at radius 1 is 0.800 bits per heavy atom. The summed E-state index contributed by atoms with van der Waals surface area (Å²) in [6.07, 6.45) is -3.63. The molecule has 7 heteroatoms. The van der Waals surface area contributed by atoms with Crippen molar-refractivity contribution in [3.8, 4) is 0 Å². The summed E-state index contributed by atoms with van der Waals surface area (Å²) in [5.74, 6) is -3.46. The van der Waals surface area contributed by atoms with Gasteiger partial charge >= 0.3 is 17.9 Å². The molecule has 2 atom stereocenters. The van der Waals surface area contributed by atoms with Crippen molar-refractivity contribution in [2.75, 3.05) is 0 Å². The normalized spacial score (nSPS) is 12.5. The highest BCUT2D eigenvalue weighted by atomic mass is 16.6. The highest BCUT2D eigenvalue weighted by molar-refractivity contribution is 5.93. The van der Waals surface area contributed by atoms with E-state index in [1.165, 1.54) is 24.3 Å². The van der Waals surface area contributed by atoms with E-state index in [9.17, 15) is 24.3 Å². The minimum absolute atomic E-state index is 0.104. The lowest BCUT2D eigenvalue weighted by molar-refractivity contribution is -0.155. The van der Waals surface area contributed by atoms with Gasteiger partial charge in [0.1, 0.15) is 0 Å². The van der Waals surface area contributed by atoms with E-state index >= 15 is 0 Å². The number of hydrogen-bond donors (Lipinski definition) is 1. The summed E-state index contributed by atoms with van der Waals surface area (Å²) in [5.41, 5.74) is 0.237. The fourth-order valence-electron chi connectivity index (χ4n) is 1.94. The van der Waals surface area contributed by atoms with Gasteiger partial charge in [-0.25, -0.2) is 14.4 Å². The molecule has 0 fully saturated rings. The van der Waals surface area contributed by atoms with Crippen LogP contribution in [-0.2, 0) is 19.1 Å². The minimum atomic E-state index is -1.96. The minimum Gasteiger partial charge on any atom is -0.478 e. The molecule has 0 aliphatic heterocycles. The van der Waals surface area contributed by atoms with E-state index in [1.54, 1.807) is 36.4 Å². The number of benzene rings is 2. The summed E-state index contributed by atoms with van der Waals surface area (Å²) < 4.78 is 9.72. The fraction of sp³-hybridized carbons (Fsp3) is 0.111.